The molecule has 0 aliphatic rings. The van der Waals surface area contributed by atoms with Gasteiger partial charge in [0.1, 0.15) is 17.5 Å². The Hall–Kier alpha value is -2.14. The highest BCUT2D eigenvalue weighted by molar-refractivity contribution is 14.1. The van der Waals surface area contributed by atoms with Crippen molar-refractivity contribution in [1.82, 2.24) is 15.0 Å². The molecule has 0 aliphatic heterocycles. The van der Waals surface area contributed by atoms with E-state index in [1.165, 1.54) is 39.4 Å². The largest absolute Gasteiger partial charge is 0.320 e. The first kappa shape index (κ1) is 18.6. The minimum atomic E-state index is -0.790. The van der Waals surface area contributed by atoms with Crippen molar-refractivity contribution in [3.63, 3.8) is 0 Å². The smallest absolute Gasteiger partial charge is 0.278 e. The monoisotopic (exact) mass is 492 g/mol. The zero-order valence-corrected chi connectivity index (χ0v) is 15.9. The van der Waals surface area contributed by atoms with E-state index in [9.17, 15) is 18.0 Å². The van der Waals surface area contributed by atoms with Gasteiger partial charge in [0.05, 0.1) is 20.0 Å². The van der Waals surface area contributed by atoms with Crippen molar-refractivity contribution in [2.24, 2.45) is 0 Å². The lowest BCUT2D eigenvalue weighted by atomic mass is 10.2. The number of nitrogens with zero attached hydrogens (tertiary/aromatic N) is 3. The molecule has 0 spiro atoms. The van der Waals surface area contributed by atoms with Crippen LogP contribution in [0.4, 0.5) is 18.9 Å². The van der Waals surface area contributed by atoms with Crippen molar-refractivity contribution in [1.29, 1.82) is 0 Å². The van der Waals surface area contributed by atoms with E-state index < -0.39 is 23.4 Å². The van der Waals surface area contributed by atoms with Gasteiger partial charge in [0.15, 0.2) is 5.69 Å². The summed E-state index contributed by atoms with van der Waals surface area (Å²) in [6.07, 6.45) is 0. The summed E-state index contributed by atoms with van der Waals surface area (Å²) in [7, 11) is 0. The summed E-state index contributed by atoms with van der Waals surface area (Å²) >= 11 is 7.27. The van der Waals surface area contributed by atoms with Gasteiger partial charge in [-0.05, 0) is 59.8 Å². The van der Waals surface area contributed by atoms with Crippen LogP contribution in [0, 0.1) is 27.9 Å². The molecule has 3 rings (SSSR count). The number of nitrogens with one attached hydrogen (secondary N) is 1. The van der Waals surface area contributed by atoms with Crippen LogP contribution in [0.5, 0.6) is 0 Å². The summed E-state index contributed by atoms with van der Waals surface area (Å²) in [5, 5.41) is 9.89. The lowest BCUT2D eigenvalue weighted by Gasteiger charge is -2.07. The third-order valence-electron chi connectivity index (χ3n) is 3.50. The van der Waals surface area contributed by atoms with E-state index >= 15 is 0 Å². The van der Waals surface area contributed by atoms with E-state index in [1.807, 2.05) is 0 Å². The molecule has 0 bridgehead atoms. The van der Waals surface area contributed by atoms with Gasteiger partial charge < -0.3 is 5.32 Å². The first-order chi connectivity index (χ1) is 12.3. The van der Waals surface area contributed by atoms with Gasteiger partial charge in [-0.3, -0.25) is 4.79 Å². The highest BCUT2D eigenvalue weighted by Crippen LogP contribution is 2.22. The van der Waals surface area contributed by atoms with Crippen LogP contribution in [0.1, 0.15) is 16.2 Å². The maximum Gasteiger partial charge on any atom is 0.278 e. The molecular formula is C16H9ClF3IN4O. The van der Waals surface area contributed by atoms with Gasteiger partial charge in [-0.25, -0.2) is 17.9 Å². The van der Waals surface area contributed by atoms with E-state index in [2.05, 4.69) is 15.6 Å². The zero-order valence-electron chi connectivity index (χ0n) is 13.0. The van der Waals surface area contributed by atoms with Crippen LogP contribution in [0.3, 0.4) is 0 Å². The molecule has 1 aromatic heterocycles. The Kier molecular flexibility index (Phi) is 5.19. The number of aromatic nitrogens is 3. The van der Waals surface area contributed by atoms with Crippen LogP contribution in [-0.4, -0.2) is 20.9 Å². The summed E-state index contributed by atoms with van der Waals surface area (Å²) in [4.78, 5) is 12.3. The van der Waals surface area contributed by atoms with Crippen LogP contribution < -0.4 is 5.32 Å². The van der Waals surface area contributed by atoms with Crippen molar-refractivity contribution in [2.75, 3.05) is 5.32 Å². The number of carbonyl (C=O) groups excluding carboxylic acids is 1. The fourth-order valence-corrected chi connectivity index (χ4v) is 2.71. The maximum atomic E-state index is 13.6. The summed E-state index contributed by atoms with van der Waals surface area (Å²) in [5.41, 5.74) is 0.650. The number of halogens is 5. The van der Waals surface area contributed by atoms with Crippen LogP contribution in [0.2, 0.25) is 5.02 Å². The molecule has 1 heterocycles. The van der Waals surface area contributed by atoms with E-state index in [1.54, 1.807) is 6.92 Å². The number of anilines is 1. The van der Waals surface area contributed by atoms with Crippen molar-refractivity contribution in [3.8, 4) is 5.69 Å². The van der Waals surface area contributed by atoms with Crippen LogP contribution in [-0.2, 0) is 0 Å². The molecular weight excluding hydrogens is 484 g/mol. The fraction of sp³-hybridized carbons (Fsp3) is 0.0625. The van der Waals surface area contributed by atoms with Crippen molar-refractivity contribution < 1.29 is 18.0 Å². The molecule has 2 aromatic carbocycles. The number of amides is 1. The van der Waals surface area contributed by atoms with Gasteiger partial charge in [-0.15, -0.1) is 5.10 Å². The molecule has 5 nitrogen and oxygen atoms in total. The second kappa shape index (κ2) is 7.23. The minimum Gasteiger partial charge on any atom is -0.320 e. The highest BCUT2D eigenvalue weighted by Gasteiger charge is 2.19. The molecule has 0 saturated heterocycles. The second-order valence-corrected chi connectivity index (χ2v) is 6.73. The highest BCUT2D eigenvalue weighted by atomic mass is 127. The molecule has 0 radical (unpaired) electrons. The third kappa shape index (κ3) is 3.54. The van der Waals surface area contributed by atoms with Gasteiger partial charge in [0.2, 0.25) is 0 Å². The standard InChI is InChI=1S/C16H9ClF3IN4O/c1-7-15(16(26)22-8-4-12(19)14(21)13(20)5-8)23-24-25(7)9-2-3-11(18)10(17)6-9/h2-6H,1H3,(H,22,26). The average Bonchev–Trinajstić information content (AvgIpc) is 2.97. The Balaban J connectivity index is 1.89. The summed E-state index contributed by atoms with van der Waals surface area (Å²) in [6.45, 7) is 1.57. The molecule has 0 atom stereocenters. The Morgan fingerprint density at radius 3 is 2.42 bits per heavy atom. The Labute approximate surface area is 164 Å². The van der Waals surface area contributed by atoms with Gasteiger partial charge >= 0.3 is 0 Å². The fourth-order valence-electron chi connectivity index (χ4n) is 2.22. The number of rotatable bonds is 3. The van der Waals surface area contributed by atoms with Crippen molar-refractivity contribution >= 4 is 45.8 Å². The zero-order chi connectivity index (χ0) is 19.0. The number of carbonyl (C=O) groups is 1. The van der Waals surface area contributed by atoms with Crippen LogP contribution in [0.15, 0.2) is 30.3 Å². The lowest BCUT2D eigenvalue weighted by Crippen LogP contribution is -2.15. The quantitative estimate of drug-likeness (QED) is 0.433. The minimum absolute atomic E-state index is 0.0511. The Morgan fingerprint density at radius 1 is 1.15 bits per heavy atom. The number of benzene rings is 2. The van der Waals surface area contributed by atoms with Gasteiger partial charge in [0.25, 0.3) is 5.91 Å². The SMILES string of the molecule is Cc1c(C(=O)Nc2cc(F)c(I)c(F)c2)nnn1-c1ccc(F)c(Cl)c1. The summed E-state index contributed by atoms with van der Waals surface area (Å²) in [6, 6.07) is 5.93. The van der Waals surface area contributed by atoms with E-state index in [0.717, 1.165) is 18.2 Å². The molecule has 134 valence electrons. The van der Waals surface area contributed by atoms with E-state index in [0.29, 0.717) is 11.4 Å². The molecule has 0 aliphatic carbocycles. The molecule has 26 heavy (non-hydrogen) atoms. The maximum absolute atomic E-state index is 13.6. The first-order valence-electron chi connectivity index (χ1n) is 7.11. The van der Waals surface area contributed by atoms with Crippen LogP contribution in [0.25, 0.3) is 5.69 Å². The molecule has 3 aromatic rings. The van der Waals surface area contributed by atoms with Crippen LogP contribution >= 0.6 is 34.2 Å². The third-order valence-corrected chi connectivity index (χ3v) is 4.82. The Bertz CT molecular complexity index is 1000. The molecule has 10 heteroatoms. The molecule has 1 amide bonds. The second-order valence-electron chi connectivity index (χ2n) is 5.24. The average molecular weight is 493 g/mol. The van der Waals surface area contributed by atoms with Gasteiger partial charge in [-0.2, -0.15) is 0 Å². The van der Waals surface area contributed by atoms with E-state index in [4.69, 9.17) is 11.6 Å². The Morgan fingerprint density at radius 2 is 1.81 bits per heavy atom. The number of hydrogen-bond acceptors (Lipinski definition) is 3. The normalized spacial score (nSPS) is 10.8. The molecule has 1 N–H and O–H groups in total. The topological polar surface area (TPSA) is 59.8 Å². The lowest BCUT2D eigenvalue weighted by molar-refractivity contribution is 0.102. The molecule has 0 saturated carbocycles. The number of hydrogen-bond donors (Lipinski definition) is 1. The van der Waals surface area contributed by atoms with E-state index in [-0.39, 0.29) is 20.0 Å². The summed E-state index contributed by atoms with van der Waals surface area (Å²) < 4.78 is 41.6. The van der Waals surface area contributed by atoms with Crippen molar-refractivity contribution in [3.05, 3.63) is 67.8 Å². The molecule has 0 unspecified atom stereocenters. The first-order valence-corrected chi connectivity index (χ1v) is 8.57. The van der Waals surface area contributed by atoms with Gasteiger partial charge in [0, 0.05) is 5.69 Å². The van der Waals surface area contributed by atoms with Gasteiger partial charge in [-0.1, -0.05) is 16.8 Å². The molecule has 0 fully saturated rings. The predicted octanol–water partition coefficient (Wildman–Crippen LogP) is 4.50. The predicted molar refractivity (Wildman–Crippen MR) is 98.1 cm³/mol. The van der Waals surface area contributed by atoms with Crippen molar-refractivity contribution in [2.45, 2.75) is 6.92 Å². The summed E-state index contributed by atoms with van der Waals surface area (Å²) in [5.74, 6) is -2.86.